The van der Waals surface area contributed by atoms with E-state index in [1.807, 2.05) is 30.3 Å². The van der Waals surface area contributed by atoms with Gasteiger partial charge in [0.15, 0.2) is 0 Å². The molecule has 0 bridgehead atoms. The summed E-state index contributed by atoms with van der Waals surface area (Å²) in [6, 6.07) is 15.3. The minimum Gasteiger partial charge on any atom is -0.357 e. The first-order valence-corrected chi connectivity index (χ1v) is 8.90. The molecule has 0 aliphatic carbocycles. The van der Waals surface area contributed by atoms with Gasteiger partial charge in [0.1, 0.15) is 11.4 Å². The van der Waals surface area contributed by atoms with Crippen molar-refractivity contribution in [2.45, 2.75) is 37.8 Å². The second-order valence-corrected chi connectivity index (χ2v) is 6.88. The lowest BCUT2D eigenvalue weighted by Gasteiger charge is -2.29. The van der Waals surface area contributed by atoms with E-state index < -0.39 is 11.6 Å². The van der Waals surface area contributed by atoms with E-state index in [1.54, 1.807) is 25.1 Å². The zero-order chi connectivity index (χ0) is 19.9. The summed E-state index contributed by atoms with van der Waals surface area (Å²) >= 11 is 0. The van der Waals surface area contributed by atoms with Crippen LogP contribution in [0.1, 0.15) is 24.5 Å². The summed E-state index contributed by atoms with van der Waals surface area (Å²) in [5.41, 5.74) is 6.32. The molecule has 0 unspecified atom stereocenters. The van der Waals surface area contributed by atoms with Crippen LogP contribution in [0.2, 0.25) is 0 Å². The Morgan fingerprint density at radius 2 is 1.74 bits per heavy atom. The van der Waals surface area contributed by atoms with Crippen LogP contribution in [-0.2, 0) is 22.4 Å². The number of nitrogens with one attached hydrogen (secondary N) is 2. The van der Waals surface area contributed by atoms with Crippen molar-refractivity contribution in [2.24, 2.45) is 5.73 Å². The van der Waals surface area contributed by atoms with Crippen molar-refractivity contribution in [1.82, 2.24) is 10.6 Å². The molecule has 144 valence electrons. The van der Waals surface area contributed by atoms with E-state index in [1.165, 1.54) is 13.1 Å². The number of rotatable bonds is 8. The highest BCUT2D eigenvalue weighted by molar-refractivity contribution is 5.91. The Morgan fingerprint density at radius 1 is 1.11 bits per heavy atom. The van der Waals surface area contributed by atoms with Gasteiger partial charge in [0.05, 0.1) is 0 Å². The molecule has 0 aliphatic heterocycles. The summed E-state index contributed by atoms with van der Waals surface area (Å²) in [5.74, 6) is -0.976. The van der Waals surface area contributed by atoms with Crippen molar-refractivity contribution in [3.05, 3.63) is 71.5 Å². The number of carbonyl (C=O) groups excluding carboxylic acids is 2. The maximum absolute atomic E-state index is 13.7. The van der Waals surface area contributed by atoms with Gasteiger partial charge in [-0.25, -0.2) is 4.39 Å². The maximum atomic E-state index is 13.7. The normalized spacial score (nSPS) is 14.1. The van der Waals surface area contributed by atoms with Gasteiger partial charge >= 0.3 is 0 Å². The van der Waals surface area contributed by atoms with Crippen LogP contribution in [0.25, 0.3) is 0 Å². The van der Waals surface area contributed by atoms with Crippen molar-refractivity contribution in [3.8, 4) is 0 Å². The lowest BCUT2D eigenvalue weighted by molar-refractivity contribution is -0.132. The highest BCUT2D eigenvalue weighted by atomic mass is 19.1. The second kappa shape index (κ2) is 9.28. The summed E-state index contributed by atoms with van der Waals surface area (Å²) in [5, 5.41) is 5.40. The number of nitrogens with two attached hydrogens (primary N) is 1. The van der Waals surface area contributed by atoms with Crippen LogP contribution in [0, 0.1) is 5.82 Å². The van der Waals surface area contributed by atoms with Gasteiger partial charge in [-0.15, -0.1) is 0 Å². The topological polar surface area (TPSA) is 84.2 Å². The lowest BCUT2D eigenvalue weighted by atomic mass is 9.91. The molecule has 0 fully saturated rings. The van der Waals surface area contributed by atoms with Gasteiger partial charge in [0.25, 0.3) is 0 Å². The number of hydrogen-bond acceptors (Lipinski definition) is 3. The molecule has 27 heavy (non-hydrogen) atoms. The maximum Gasteiger partial charge on any atom is 0.245 e. The molecule has 5 nitrogen and oxygen atoms in total. The first-order valence-electron chi connectivity index (χ1n) is 8.90. The zero-order valence-corrected chi connectivity index (χ0v) is 15.7. The molecule has 2 atom stereocenters. The number of benzene rings is 2. The van der Waals surface area contributed by atoms with E-state index in [2.05, 4.69) is 10.6 Å². The molecule has 0 spiro atoms. The molecule has 6 heteroatoms. The van der Waals surface area contributed by atoms with Gasteiger partial charge in [-0.05, 0) is 30.5 Å². The number of amides is 2. The Bertz CT molecular complexity index is 782. The molecule has 0 aliphatic rings. The second-order valence-electron chi connectivity index (χ2n) is 6.88. The largest absolute Gasteiger partial charge is 0.357 e. The van der Waals surface area contributed by atoms with E-state index in [-0.39, 0.29) is 30.5 Å². The Labute approximate surface area is 159 Å². The third-order valence-corrected chi connectivity index (χ3v) is 4.43. The Balaban J connectivity index is 2.02. The fraction of sp³-hybridized carbons (Fsp3) is 0.333. The van der Waals surface area contributed by atoms with Gasteiger partial charge in [0.2, 0.25) is 11.8 Å². The third-order valence-electron chi connectivity index (χ3n) is 4.43. The molecular weight excluding hydrogens is 345 g/mol. The fourth-order valence-electron chi connectivity index (χ4n) is 3.08. The van der Waals surface area contributed by atoms with Gasteiger partial charge in [-0.3, -0.25) is 9.59 Å². The smallest absolute Gasteiger partial charge is 0.245 e. The average molecular weight is 371 g/mol. The van der Waals surface area contributed by atoms with Crippen LogP contribution in [0.5, 0.6) is 0 Å². The molecule has 0 aromatic heterocycles. The number of likely N-dealkylation sites (N-methyl/N-ethyl adjacent to an activating group) is 1. The van der Waals surface area contributed by atoms with Gasteiger partial charge in [-0.2, -0.15) is 0 Å². The van der Waals surface area contributed by atoms with E-state index in [0.717, 1.165) is 5.56 Å². The first-order chi connectivity index (χ1) is 12.8. The van der Waals surface area contributed by atoms with E-state index >= 15 is 0 Å². The molecule has 0 saturated heterocycles. The quantitative estimate of drug-likeness (QED) is 0.663. The lowest BCUT2D eigenvalue weighted by Crippen LogP contribution is -2.58. The monoisotopic (exact) mass is 371 g/mol. The van der Waals surface area contributed by atoms with Gasteiger partial charge in [0, 0.05) is 25.9 Å². The molecule has 2 rings (SSSR count). The van der Waals surface area contributed by atoms with Crippen LogP contribution >= 0.6 is 0 Å². The van der Waals surface area contributed by atoms with E-state index in [9.17, 15) is 14.0 Å². The van der Waals surface area contributed by atoms with Crippen LogP contribution in [0.3, 0.4) is 0 Å². The molecule has 2 amide bonds. The Kier molecular flexibility index (Phi) is 7.07. The van der Waals surface area contributed by atoms with Crippen molar-refractivity contribution in [2.75, 3.05) is 7.05 Å². The molecule has 0 saturated carbocycles. The number of carbonyl (C=O) groups is 2. The van der Waals surface area contributed by atoms with Gasteiger partial charge < -0.3 is 16.4 Å². The van der Waals surface area contributed by atoms with Crippen LogP contribution in [-0.4, -0.2) is 30.4 Å². The summed E-state index contributed by atoms with van der Waals surface area (Å²) in [6.45, 7) is 1.68. The molecule has 2 aromatic rings. The SMILES string of the molecule is CNC(=O)[C@@](C)(Cc1ccccc1)NC(=O)C[C@H](N)Cc1ccccc1F. The minimum absolute atomic E-state index is 0.00426. The average Bonchev–Trinajstić information content (AvgIpc) is 2.63. The standard InChI is InChI=1S/C21H26FN3O2/c1-21(20(27)24-2,14-15-8-4-3-5-9-15)25-19(26)13-17(23)12-16-10-6-7-11-18(16)22/h3-11,17H,12-14,23H2,1-2H3,(H,24,27)(H,25,26)/t17-,21-/m1/s1. The van der Waals surface area contributed by atoms with Crippen molar-refractivity contribution in [1.29, 1.82) is 0 Å². The summed E-state index contributed by atoms with van der Waals surface area (Å²) in [7, 11) is 1.53. The van der Waals surface area contributed by atoms with Crippen molar-refractivity contribution < 1.29 is 14.0 Å². The summed E-state index contributed by atoms with van der Waals surface area (Å²) in [4.78, 5) is 24.9. The van der Waals surface area contributed by atoms with Crippen molar-refractivity contribution in [3.63, 3.8) is 0 Å². The summed E-state index contributed by atoms with van der Waals surface area (Å²) in [6.07, 6.45) is 0.590. The minimum atomic E-state index is -1.11. The highest BCUT2D eigenvalue weighted by Gasteiger charge is 2.34. The van der Waals surface area contributed by atoms with E-state index in [4.69, 9.17) is 5.73 Å². The summed E-state index contributed by atoms with van der Waals surface area (Å²) < 4.78 is 13.7. The van der Waals surface area contributed by atoms with Gasteiger partial charge in [-0.1, -0.05) is 48.5 Å². The molecule has 0 heterocycles. The third kappa shape index (κ3) is 5.89. The molecule has 4 N–H and O–H groups in total. The zero-order valence-electron chi connectivity index (χ0n) is 15.7. The predicted molar refractivity (Wildman–Crippen MR) is 103 cm³/mol. The van der Waals surface area contributed by atoms with Crippen molar-refractivity contribution >= 4 is 11.8 Å². The fourth-order valence-corrected chi connectivity index (χ4v) is 3.08. The predicted octanol–water partition coefficient (Wildman–Crippen LogP) is 1.95. The van der Waals surface area contributed by atoms with Crippen LogP contribution in [0.4, 0.5) is 4.39 Å². The molecule has 0 radical (unpaired) electrons. The van der Waals surface area contributed by atoms with E-state index in [0.29, 0.717) is 12.0 Å². The number of halogens is 1. The molecule has 2 aromatic carbocycles. The highest BCUT2D eigenvalue weighted by Crippen LogP contribution is 2.15. The first kappa shape index (κ1) is 20.6. The Morgan fingerprint density at radius 3 is 2.37 bits per heavy atom. The molecular formula is C21H26FN3O2. The number of hydrogen-bond donors (Lipinski definition) is 3. The van der Waals surface area contributed by atoms with Crippen LogP contribution in [0.15, 0.2) is 54.6 Å². The van der Waals surface area contributed by atoms with Crippen LogP contribution < -0.4 is 16.4 Å². The Hall–Kier alpha value is -2.73.